The van der Waals surface area contributed by atoms with Crippen molar-refractivity contribution in [3.63, 3.8) is 0 Å². The molecule has 1 N–H and O–H groups in total. The Balaban J connectivity index is 1.88. The summed E-state index contributed by atoms with van der Waals surface area (Å²) in [6.45, 7) is 9.75. The standard InChI is InChI=1S/C19H28N2O/c1-5-13(2)20-18(22)21-11-10-19(4)14(3)17(21)12-15-8-6-7-9-16(15)19/h6-9,13-14,17H,5,10-12H2,1-4H3,(H,20,22)/t13?,14-,17-,19-/m1/s1. The van der Waals surface area contributed by atoms with Crippen LogP contribution in [-0.2, 0) is 11.8 Å². The predicted octanol–water partition coefficient (Wildman–Crippen LogP) is 3.72. The van der Waals surface area contributed by atoms with Crippen molar-refractivity contribution >= 4 is 6.03 Å². The van der Waals surface area contributed by atoms with Crippen LogP contribution in [0.2, 0.25) is 0 Å². The van der Waals surface area contributed by atoms with Gasteiger partial charge in [-0.05, 0) is 48.6 Å². The van der Waals surface area contributed by atoms with Crippen LogP contribution < -0.4 is 5.32 Å². The molecular formula is C19H28N2O. The number of nitrogens with zero attached hydrogens (tertiary/aromatic N) is 1. The van der Waals surface area contributed by atoms with Gasteiger partial charge in [0.25, 0.3) is 0 Å². The summed E-state index contributed by atoms with van der Waals surface area (Å²) in [6, 6.07) is 9.48. The van der Waals surface area contributed by atoms with Gasteiger partial charge in [-0.25, -0.2) is 4.79 Å². The Bertz CT molecular complexity index is 570. The number of likely N-dealkylation sites (tertiary alicyclic amines) is 1. The number of nitrogens with one attached hydrogen (secondary N) is 1. The van der Waals surface area contributed by atoms with Crippen molar-refractivity contribution in [1.29, 1.82) is 0 Å². The lowest BCUT2D eigenvalue weighted by Gasteiger charge is -2.54. The molecular weight excluding hydrogens is 272 g/mol. The zero-order chi connectivity index (χ0) is 15.9. The maximum absolute atomic E-state index is 12.6. The quantitative estimate of drug-likeness (QED) is 0.887. The van der Waals surface area contributed by atoms with Crippen molar-refractivity contribution in [3.05, 3.63) is 35.4 Å². The van der Waals surface area contributed by atoms with Gasteiger partial charge < -0.3 is 10.2 Å². The lowest BCUT2D eigenvalue weighted by Crippen LogP contribution is -2.61. The summed E-state index contributed by atoms with van der Waals surface area (Å²) in [6.07, 6.45) is 3.01. The highest BCUT2D eigenvalue weighted by Crippen LogP contribution is 2.48. The number of benzene rings is 1. The van der Waals surface area contributed by atoms with E-state index in [1.54, 1.807) is 0 Å². The van der Waals surface area contributed by atoms with Gasteiger partial charge in [0.2, 0.25) is 0 Å². The number of rotatable bonds is 2. The minimum atomic E-state index is 0.118. The Morgan fingerprint density at radius 2 is 2.18 bits per heavy atom. The van der Waals surface area contributed by atoms with Crippen molar-refractivity contribution in [2.75, 3.05) is 6.54 Å². The third kappa shape index (κ3) is 2.31. The van der Waals surface area contributed by atoms with Crippen molar-refractivity contribution in [2.24, 2.45) is 5.92 Å². The molecule has 0 aromatic heterocycles. The topological polar surface area (TPSA) is 32.3 Å². The number of urea groups is 1. The van der Waals surface area contributed by atoms with E-state index in [0.29, 0.717) is 12.0 Å². The van der Waals surface area contributed by atoms with Gasteiger partial charge >= 0.3 is 6.03 Å². The predicted molar refractivity (Wildman–Crippen MR) is 90.1 cm³/mol. The zero-order valence-electron chi connectivity index (χ0n) is 14.2. The average Bonchev–Trinajstić information content (AvgIpc) is 2.50. The van der Waals surface area contributed by atoms with Gasteiger partial charge in [0.05, 0.1) is 0 Å². The molecule has 0 radical (unpaired) electrons. The fourth-order valence-electron chi connectivity index (χ4n) is 4.24. The van der Waals surface area contributed by atoms with E-state index in [4.69, 9.17) is 0 Å². The highest BCUT2D eigenvalue weighted by Gasteiger charge is 2.49. The lowest BCUT2D eigenvalue weighted by atomic mass is 9.59. The molecule has 22 heavy (non-hydrogen) atoms. The van der Waals surface area contributed by atoms with Gasteiger partial charge in [-0.3, -0.25) is 0 Å². The lowest BCUT2D eigenvalue weighted by molar-refractivity contribution is 0.0546. The molecule has 1 aliphatic heterocycles. The van der Waals surface area contributed by atoms with Gasteiger partial charge in [-0.15, -0.1) is 0 Å². The highest BCUT2D eigenvalue weighted by atomic mass is 16.2. The molecule has 3 rings (SSSR count). The van der Waals surface area contributed by atoms with Crippen LogP contribution in [0.3, 0.4) is 0 Å². The second-order valence-corrected chi connectivity index (χ2v) is 7.34. The summed E-state index contributed by atoms with van der Waals surface area (Å²) < 4.78 is 0. The summed E-state index contributed by atoms with van der Waals surface area (Å²) in [7, 11) is 0. The fourth-order valence-corrected chi connectivity index (χ4v) is 4.24. The third-order valence-corrected chi connectivity index (χ3v) is 6.16. The Morgan fingerprint density at radius 1 is 1.45 bits per heavy atom. The summed E-state index contributed by atoms with van der Waals surface area (Å²) in [5.74, 6) is 0.499. The average molecular weight is 300 g/mol. The largest absolute Gasteiger partial charge is 0.336 e. The molecule has 0 spiro atoms. The van der Waals surface area contributed by atoms with Crippen LogP contribution in [0.25, 0.3) is 0 Å². The van der Waals surface area contributed by atoms with Gasteiger partial charge in [0.1, 0.15) is 0 Å². The number of fused-ring (bicyclic) bond motifs is 4. The van der Waals surface area contributed by atoms with Crippen LogP contribution in [0, 0.1) is 5.92 Å². The second kappa shape index (κ2) is 5.60. The first-order chi connectivity index (χ1) is 10.5. The van der Waals surface area contributed by atoms with Crippen LogP contribution in [0.15, 0.2) is 24.3 Å². The van der Waals surface area contributed by atoms with Crippen molar-refractivity contribution in [1.82, 2.24) is 10.2 Å². The van der Waals surface area contributed by atoms with Crippen LogP contribution in [0.1, 0.15) is 51.7 Å². The highest BCUT2D eigenvalue weighted by molar-refractivity contribution is 5.75. The molecule has 1 aromatic rings. The van der Waals surface area contributed by atoms with Gasteiger partial charge in [-0.2, -0.15) is 0 Å². The van der Waals surface area contributed by atoms with E-state index in [9.17, 15) is 4.79 Å². The first kappa shape index (κ1) is 15.4. The van der Waals surface area contributed by atoms with Crippen LogP contribution >= 0.6 is 0 Å². The number of amides is 2. The van der Waals surface area contributed by atoms with E-state index in [1.807, 2.05) is 0 Å². The molecule has 4 atom stereocenters. The molecule has 1 aromatic carbocycles. The normalized spacial score (nSPS) is 31.4. The number of hydrogen-bond donors (Lipinski definition) is 1. The summed E-state index contributed by atoms with van der Waals surface area (Å²) in [5.41, 5.74) is 3.13. The molecule has 3 nitrogen and oxygen atoms in total. The molecule has 2 bridgehead atoms. The first-order valence-electron chi connectivity index (χ1n) is 8.63. The Hall–Kier alpha value is -1.51. The number of carbonyl (C=O) groups excluding carboxylic acids is 1. The summed E-state index contributed by atoms with van der Waals surface area (Å²) >= 11 is 0. The van der Waals surface area contributed by atoms with Crippen molar-refractivity contribution in [2.45, 2.75) is 64.5 Å². The maximum atomic E-state index is 12.6. The van der Waals surface area contributed by atoms with Crippen LogP contribution in [0.4, 0.5) is 4.79 Å². The van der Waals surface area contributed by atoms with Crippen molar-refractivity contribution < 1.29 is 4.79 Å². The smallest absolute Gasteiger partial charge is 0.317 e. The van der Waals surface area contributed by atoms with E-state index >= 15 is 0 Å². The minimum Gasteiger partial charge on any atom is -0.336 e. The molecule has 1 unspecified atom stereocenters. The first-order valence-corrected chi connectivity index (χ1v) is 8.63. The van der Waals surface area contributed by atoms with E-state index in [-0.39, 0.29) is 17.5 Å². The van der Waals surface area contributed by atoms with E-state index in [2.05, 4.69) is 62.2 Å². The minimum absolute atomic E-state index is 0.118. The number of piperidine rings is 1. The van der Waals surface area contributed by atoms with Crippen LogP contribution in [-0.4, -0.2) is 29.6 Å². The Kier molecular flexibility index (Phi) is 3.92. The van der Waals surface area contributed by atoms with Crippen LogP contribution in [0.5, 0.6) is 0 Å². The molecule has 1 heterocycles. The van der Waals surface area contributed by atoms with E-state index in [1.165, 1.54) is 11.1 Å². The van der Waals surface area contributed by atoms with Crippen molar-refractivity contribution in [3.8, 4) is 0 Å². The van der Waals surface area contributed by atoms with Gasteiger partial charge in [0.15, 0.2) is 0 Å². The number of carbonyl (C=O) groups is 1. The summed E-state index contributed by atoms with van der Waals surface area (Å²) in [5, 5.41) is 3.15. The molecule has 0 saturated carbocycles. The molecule has 1 saturated heterocycles. The monoisotopic (exact) mass is 300 g/mol. The Labute approximate surface area is 134 Å². The molecule has 3 heteroatoms. The molecule has 2 amide bonds. The zero-order valence-corrected chi connectivity index (χ0v) is 14.2. The van der Waals surface area contributed by atoms with E-state index in [0.717, 1.165) is 25.8 Å². The molecule has 2 aliphatic rings. The second-order valence-electron chi connectivity index (χ2n) is 7.34. The molecule has 120 valence electrons. The van der Waals surface area contributed by atoms with E-state index < -0.39 is 0 Å². The SMILES string of the molecule is CCC(C)NC(=O)N1CC[C@@]2(C)c3ccccc3C[C@@H]1[C@H]2C. The maximum Gasteiger partial charge on any atom is 0.317 e. The number of hydrogen-bond acceptors (Lipinski definition) is 1. The Morgan fingerprint density at radius 3 is 2.91 bits per heavy atom. The fraction of sp³-hybridized carbons (Fsp3) is 0.632. The van der Waals surface area contributed by atoms with Gasteiger partial charge in [0, 0.05) is 18.6 Å². The third-order valence-electron chi connectivity index (χ3n) is 6.16. The molecule has 1 aliphatic carbocycles. The summed E-state index contributed by atoms with van der Waals surface area (Å²) in [4.78, 5) is 14.7. The molecule has 1 fully saturated rings. The van der Waals surface area contributed by atoms with Gasteiger partial charge in [-0.1, -0.05) is 45.0 Å².